The number of rotatable bonds is 5. The van der Waals surface area contributed by atoms with E-state index in [0.717, 1.165) is 53.0 Å². The van der Waals surface area contributed by atoms with Gasteiger partial charge in [-0.1, -0.05) is 18.2 Å². The molecule has 0 amide bonds. The number of pyridine rings is 1. The largest absolute Gasteiger partial charge is 0.439 e. The van der Waals surface area contributed by atoms with E-state index >= 15 is 0 Å². The fourth-order valence-corrected chi connectivity index (χ4v) is 4.41. The summed E-state index contributed by atoms with van der Waals surface area (Å²) in [6, 6.07) is 16.1. The first-order valence-corrected chi connectivity index (χ1v) is 10.5. The van der Waals surface area contributed by atoms with Crippen molar-refractivity contribution in [2.45, 2.75) is 12.3 Å². The molecule has 1 atom stereocenters. The van der Waals surface area contributed by atoms with Gasteiger partial charge in [0.25, 0.3) is 0 Å². The molecular formula is C25H25N5O. The minimum Gasteiger partial charge on any atom is -0.439 e. The molecule has 6 heteroatoms. The second kappa shape index (κ2) is 8.32. The number of hydrogen-bond donors (Lipinski definition) is 1. The van der Waals surface area contributed by atoms with E-state index in [-0.39, 0.29) is 0 Å². The van der Waals surface area contributed by atoms with Gasteiger partial charge in [0.15, 0.2) is 0 Å². The Bertz CT molecular complexity index is 1190. The van der Waals surface area contributed by atoms with Crippen molar-refractivity contribution in [2.24, 2.45) is 0 Å². The van der Waals surface area contributed by atoms with Gasteiger partial charge in [-0.15, -0.1) is 0 Å². The minimum absolute atomic E-state index is 0.471. The molecule has 3 heterocycles. The number of hydrogen-bond acceptors (Lipinski definition) is 6. The molecule has 5 rings (SSSR count). The summed E-state index contributed by atoms with van der Waals surface area (Å²) >= 11 is 0. The Kier molecular flexibility index (Phi) is 5.22. The van der Waals surface area contributed by atoms with Gasteiger partial charge in [0, 0.05) is 43.0 Å². The van der Waals surface area contributed by atoms with Crippen molar-refractivity contribution in [3.63, 3.8) is 0 Å². The summed E-state index contributed by atoms with van der Waals surface area (Å²) in [5.41, 5.74) is 5.65. The van der Waals surface area contributed by atoms with Gasteiger partial charge in [-0.2, -0.15) is 0 Å². The highest BCUT2D eigenvalue weighted by Gasteiger charge is 2.25. The van der Waals surface area contributed by atoms with Crippen LogP contribution in [0.1, 0.15) is 17.9 Å². The Morgan fingerprint density at radius 1 is 1.10 bits per heavy atom. The van der Waals surface area contributed by atoms with Crippen LogP contribution in [-0.2, 0) is 0 Å². The number of likely N-dealkylation sites (N-methyl/N-ethyl adjacent to an activating group) is 1. The standard InChI is InChI=1S/C25H25N5O/c1-26-24-20(17-6-8-19(9-7-17)31-23-5-3-4-11-28-23)13-21(18-10-12-30(2)15-18)25-22(24)14-27-16-29-25/h3-9,11,13-14,16,18,26H,10,12,15H2,1-2H3. The first-order chi connectivity index (χ1) is 15.2. The molecular weight excluding hydrogens is 386 g/mol. The summed E-state index contributed by atoms with van der Waals surface area (Å²) in [6.45, 7) is 2.16. The second-order valence-corrected chi connectivity index (χ2v) is 7.97. The van der Waals surface area contributed by atoms with Gasteiger partial charge in [0.05, 0.1) is 11.2 Å². The number of nitrogens with one attached hydrogen (secondary N) is 1. The number of benzene rings is 2. The van der Waals surface area contributed by atoms with Gasteiger partial charge in [-0.05, 0) is 61.3 Å². The predicted molar refractivity (Wildman–Crippen MR) is 124 cm³/mol. The molecule has 0 radical (unpaired) electrons. The van der Waals surface area contributed by atoms with Crippen molar-refractivity contribution in [1.29, 1.82) is 0 Å². The Morgan fingerprint density at radius 3 is 2.68 bits per heavy atom. The van der Waals surface area contributed by atoms with E-state index in [2.05, 4.69) is 50.4 Å². The Hall–Kier alpha value is -3.51. The van der Waals surface area contributed by atoms with Gasteiger partial charge < -0.3 is 15.0 Å². The van der Waals surface area contributed by atoms with E-state index in [4.69, 9.17) is 4.74 Å². The van der Waals surface area contributed by atoms with E-state index in [0.29, 0.717) is 11.8 Å². The molecule has 0 aliphatic carbocycles. The van der Waals surface area contributed by atoms with Gasteiger partial charge in [0.1, 0.15) is 12.1 Å². The van der Waals surface area contributed by atoms with Crippen molar-refractivity contribution >= 4 is 16.6 Å². The summed E-state index contributed by atoms with van der Waals surface area (Å²) in [5.74, 6) is 1.82. The van der Waals surface area contributed by atoms with E-state index in [1.165, 1.54) is 5.56 Å². The molecule has 1 unspecified atom stereocenters. The molecule has 1 saturated heterocycles. The lowest BCUT2D eigenvalue weighted by atomic mass is 9.90. The van der Waals surface area contributed by atoms with Crippen LogP contribution >= 0.6 is 0 Å². The van der Waals surface area contributed by atoms with Crippen molar-refractivity contribution in [3.8, 4) is 22.8 Å². The van der Waals surface area contributed by atoms with E-state index in [1.54, 1.807) is 12.5 Å². The lowest BCUT2D eigenvalue weighted by Gasteiger charge is -2.19. The molecule has 1 fully saturated rings. The van der Waals surface area contributed by atoms with Crippen LogP contribution in [0, 0.1) is 0 Å². The summed E-state index contributed by atoms with van der Waals surface area (Å²) in [6.07, 6.45) is 6.43. The van der Waals surface area contributed by atoms with Crippen LogP contribution in [-0.4, -0.2) is 47.0 Å². The molecule has 0 spiro atoms. The fourth-order valence-electron chi connectivity index (χ4n) is 4.41. The van der Waals surface area contributed by atoms with Crippen LogP contribution in [0.2, 0.25) is 0 Å². The molecule has 0 bridgehead atoms. The predicted octanol–water partition coefficient (Wildman–Crippen LogP) is 4.94. The van der Waals surface area contributed by atoms with E-state index in [1.807, 2.05) is 43.6 Å². The first kappa shape index (κ1) is 19.5. The van der Waals surface area contributed by atoms with Crippen LogP contribution in [0.4, 0.5) is 5.69 Å². The first-order valence-electron chi connectivity index (χ1n) is 10.5. The summed E-state index contributed by atoms with van der Waals surface area (Å²) in [7, 11) is 4.13. The molecule has 0 saturated carbocycles. The number of nitrogens with zero attached hydrogens (tertiary/aromatic N) is 4. The van der Waals surface area contributed by atoms with Gasteiger partial charge in [0.2, 0.25) is 5.88 Å². The van der Waals surface area contributed by atoms with Gasteiger partial charge in [-0.3, -0.25) is 0 Å². The molecule has 31 heavy (non-hydrogen) atoms. The molecule has 1 aliphatic rings. The second-order valence-electron chi connectivity index (χ2n) is 7.97. The van der Waals surface area contributed by atoms with Crippen LogP contribution in [0.25, 0.3) is 22.0 Å². The van der Waals surface area contributed by atoms with Crippen molar-refractivity contribution in [2.75, 3.05) is 32.5 Å². The van der Waals surface area contributed by atoms with E-state index in [9.17, 15) is 0 Å². The van der Waals surface area contributed by atoms with Crippen molar-refractivity contribution in [1.82, 2.24) is 19.9 Å². The third-order valence-electron chi connectivity index (χ3n) is 5.93. The van der Waals surface area contributed by atoms with Gasteiger partial charge >= 0.3 is 0 Å². The molecule has 156 valence electrons. The molecule has 6 nitrogen and oxygen atoms in total. The molecule has 1 N–H and O–H groups in total. The summed E-state index contributed by atoms with van der Waals surface area (Å²) in [5, 5.41) is 4.44. The maximum atomic E-state index is 5.86. The average Bonchev–Trinajstić information content (AvgIpc) is 3.25. The van der Waals surface area contributed by atoms with E-state index < -0.39 is 0 Å². The van der Waals surface area contributed by atoms with Crippen molar-refractivity contribution < 1.29 is 4.74 Å². The third kappa shape index (κ3) is 3.82. The van der Waals surface area contributed by atoms with Crippen LogP contribution in [0.3, 0.4) is 0 Å². The molecule has 4 aromatic rings. The highest BCUT2D eigenvalue weighted by molar-refractivity contribution is 6.01. The highest BCUT2D eigenvalue weighted by atomic mass is 16.5. The normalized spacial score (nSPS) is 16.5. The number of ether oxygens (including phenoxy) is 1. The van der Waals surface area contributed by atoms with Gasteiger partial charge in [-0.25, -0.2) is 15.0 Å². The number of anilines is 1. The zero-order valence-electron chi connectivity index (χ0n) is 17.7. The highest BCUT2D eigenvalue weighted by Crippen LogP contribution is 2.40. The average molecular weight is 412 g/mol. The number of aromatic nitrogens is 3. The Morgan fingerprint density at radius 2 is 1.97 bits per heavy atom. The third-order valence-corrected chi connectivity index (χ3v) is 5.93. The maximum absolute atomic E-state index is 5.86. The quantitative estimate of drug-likeness (QED) is 0.502. The lowest BCUT2D eigenvalue weighted by Crippen LogP contribution is -2.13. The number of likely N-dealkylation sites (tertiary alicyclic amines) is 1. The Labute approximate surface area is 181 Å². The van der Waals surface area contributed by atoms with Crippen LogP contribution < -0.4 is 10.1 Å². The lowest BCUT2D eigenvalue weighted by molar-refractivity contribution is 0.412. The summed E-state index contributed by atoms with van der Waals surface area (Å²) in [4.78, 5) is 15.6. The van der Waals surface area contributed by atoms with Crippen LogP contribution in [0.15, 0.2) is 67.3 Å². The van der Waals surface area contributed by atoms with Crippen LogP contribution in [0.5, 0.6) is 11.6 Å². The zero-order valence-corrected chi connectivity index (χ0v) is 17.7. The zero-order chi connectivity index (χ0) is 21.2. The monoisotopic (exact) mass is 411 g/mol. The topological polar surface area (TPSA) is 63.2 Å². The smallest absolute Gasteiger partial charge is 0.219 e. The number of fused-ring (bicyclic) bond motifs is 1. The fraction of sp³-hybridized carbons (Fsp3) is 0.240. The SMILES string of the molecule is CNc1c(-c2ccc(Oc3ccccn3)cc2)cc(C2CCN(C)C2)c2ncncc12. The minimum atomic E-state index is 0.471. The summed E-state index contributed by atoms with van der Waals surface area (Å²) < 4.78 is 5.86. The Balaban J connectivity index is 1.57. The molecule has 2 aromatic carbocycles. The maximum Gasteiger partial charge on any atom is 0.219 e. The molecule has 2 aromatic heterocycles. The molecule has 1 aliphatic heterocycles. The van der Waals surface area contributed by atoms with Crippen molar-refractivity contribution in [3.05, 3.63) is 72.8 Å².